The van der Waals surface area contributed by atoms with E-state index in [1.165, 1.54) is 0 Å². The van der Waals surface area contributed by atoms with Crippen molar-refractivity contribution in [2.75, 3.05) is 5.32 Å². The number of hydrogen-bond donors (Lipinski definition) is 2. The highest BCUT2D eigenvalue weighted by Crippen LogP contribution is 2.28. The molecular formula is C17H16BrF3N2O3S. The zero-order valence-electron chi connectivity index (χ0n) is 14.3. The lowest BCUT2D eigenvalue weighted by Crippen LogP contribution is -2.32. The molecule has 0 heterocycles. The molecule has 0 spiro atoms. The lowest BCUT2D eigenvalue weighted by atomic mass is 10.2. The number of carbonyl (C=O) groups is 1. The van der Waals surface area contributed by atoms with E-state index in [4.69, 9.17) is 0 Å². The number of halogens is 4. The highest BCUT2D eigenvalue weighted by Gasteiger charge is 2.22. The first-order valence-corrected chi connectivity index (χ1v) is 10.1. The maximum Gasteiger partial charge on any atom is 0.258 e. The van der Waals surface area contributed by atoms with Crippen LogP contribution in [0.5, 0.6) is 0 Å². The van der Waals surface area contributed by atoms with E-state index in [1.54, 1.807) is 13.8 Å². The smallest absolute Gasteiger partial charge is 0.258 e. The standard InChI is InChI=1S/C17H16BrF3N2O3S/c1-3-9(2)23-27(25,26)11-4-5-14(20)12(8-11)17(24)22-16-13(18)6-10(19)7-15(16)21/h4-9,23H,3H2,1-2H3,(H,22,24). The van der Waals surface area contributed by atoms with Gasteiger partial charge in [-0.2, -0.15) is 0 Å². The molecule has 2 aromatic carbocycles. The molecule has 1 amide bonds. The topological polar surface area (TPSA) is 75.3 Å². The number of carbonyl (C=O) groups excluding carboxylic acids is 1. The van der Waals surface area contributed by atoms with Crippen molar-refractivity contribution in [1.29, 1.82) is 0 Å². The molecule has 1 atom stereocenters. The first kappa shape index (κ1) is 21.4. The average molecular weight is 465 g/mol. The molecule has 10 heteroatoms. The van der Waals surface area contributed by atoms with Gasteiger partial charge in [-0.15, -0.1) is 0 Å². The largest absolute Gasteiger partial charge is 0.318 e. The predicted octanol–water partition coefficient (Wildman–Crippen LogP) is 4.20. The first-order valence-electron chi connectivity index (χ1n) is 7.83. The predicted molar refractivity (Wildman–Crippen MR) is 98.5 cm³/mol. The van der Waals surface area contributed by atoms with Gasteiger partial charge in [0.2, 0.25) is 10.0 Å². The SMILES string of the molecule is CCC(C)NS(=O)(=O)c1ccc(F)c(C(=O)Nc2c(F)cc(F)cc2Br)c1. The van der Waals surface area contributed by atoms with E-state index in [9.17, 15) is 26.4 Å². The van der Waals surface area contributed by atoms with Gasteiger partial charge in [0.05, 0.1) is 16.1 Å². The Bertz CT molecular complexity index is 960. The first-order chi connectivity index (χ1) is 12.5. The van der Waals surface area contributed by atoms with Crippen LogP contribution in [-0.4, -0.2) is 20.4 Å². The Labute approximate surface area is 163 Å². The van der Waals surface area contributed by atoms with Crippen LogP contribution in [0.1, 0.15) is 30.6 Å². The van der Waals surface area contributed by atoms with Crippen molar-refractivity contribution in [2.24, 2.45) is 0 Å². The minimum Gasteiger partial charge on any atom is -0.318 e. The van der Waals surface area contributed by atoms with Gasteiger partial charge in [0, 0.05) is 16.6 Å². The van der Waals surface area contributed by atoms with Crippen LogP contribution in [0.3, 0.4) is 0 Å². The van der Waals surface area contributed by atoms with Crippen LogP contribution in [0.15, 0.2) is 39.7 Å². The summed E-state index contributed by atoms with van der Waals surface area (Å²) in [6.07, 6.45) is 0.533. The second-order valence-corrected chi connectivity index (χ2v) is 8.34. The van der Waals surface area contributed by atoms with Gasteiger partial charge < -0.3 is 5.32 Å². The summed E-state index contributed by atoms with van der Waals surface area (Å²) in [5.41, 5.74) is -0.996. The van der Waals surface area contributed by atoms with Crippen molar-refractivity contribution < 1.29 is 26.4 Å². The van der Waals surface area contributed by atoms with E-state index in [0.29, 0.717) is 12.5 Å². The van der Waals surface area contributed by atoms with Crippen molar-refractivity contribution in [3.63, 3.8) is 0 Å². The fraction of sp³-hybridized carbons (Fsp3) is 0.235. The summed E-state index contributed by atoms with van der Waals surface area (Å²) in [5, 5.41) is 2.11. The van der Waals surface area contributed by atoms with Gasteiger partial charge in [0.15, 0.2) is 5.82 Å². The molecule has 0 aliphatic heterocycles. The number of hydrogen-bond acceptors (Lipinski definition) is 3. The Hall–Kier alpha value is -1.91. The van der Waals surface area contributed by atoms with Gasteiger partial charge in [-0.05, 0) is 53.5 Å². The molecule has 1 unspecified atom stereocenters. The molecule has 0 bridgehead atoms. The molecule has 27 heavy (non-hydrogen) atoms. The van der Waals surface area contributed by atoms with E-state index < -0.39 is 44.6 Å². The van der Waals surface area contributed by atoms with Gasteiger partial charge in [0.25, 0.3) is 5.91 Å². The lowest BCUT2D eigenvalue weighted by Gasteiger charge is -2.14. The molecule has 0 radical (unpaired) electrons. The van der Waals surface area contributed by atoms with Crippen LogP contribution in [0, 0.1) is 17.5 Å². The summed E-state index contributed by atoms with van der Waals surface area (Å²) in [4.78, 5) is 12.0. The molecule has 2 N–H and O–H groups in total. The van der Waals surface area contributed by atoms with Crippen molar-refractivity contribution in [1.82, 2.24) is 4.72 Å². The summed E-state index contributed by atoms with van der Waals surface area (Å²) < 4.78 is 68.0. The second-order valence-electron chi connectivity index (χ2n) is 5.77. The molecule has 0 fully saturated rings. The van der Waals surface area contributed by atoms with E-state index in [1.807, 2.05) is 0 Å². The third-order valence-corrected chi connectivity index (χ3v) is 5.92. The van der Waals surface area contributed by atoms with Crippen LogP contribution < -0.4 is 10.0 Å². The second kappa shape index (κ2) is 8.41. The molecular weight excluding hydrogens is 449 g/mol. The maximum absolute atomic E-state index is 14.1. The van der Waals surface area contributed by atoms with Crippen molar-refractivity contribution in [3.05, 3.63) is 57.8 Å². The molecule has 2 aromatic rings. The fourth-order valence-corrected chi connectivity index (χ4v) is 3.96. The zero-order valence-corrected chi connectivity index (χ0v) is 16.7. The Balaban J connectivity index is 2.38. The Morgan fingerprint density at radius 1 is 1.15 bits per heavy atom. The normalized spacial score (nSPS) is 12.7. The molecule has 2 rings (SSSR count). The minimum absolute atomic E-state index is 0.0871. The number of nitrogens with one attached hydrogen (secondary N) is 2. The van der Waals surface area contributed by atoms with E-state index in [2.05, 4.69) is 26.0 Å². The molecule has 0 saturated heterocycles. The number of rotatable bonds is 6. The van der Waals surface area contributed by atoms with Crippen molar-refractivity contribution in [3.8, 4) is 0 Å². The van der Waals surface area contributed by atoms with Crippen LogP contribution in [-0.2, 0) is 10.0 Å². The minimum atomic E-state index is -3.97. The van der Waals surface area contributed by atoms with Crippen molar-refractivity contribution >= 4 is 37.5 Å². The van der Waals surface area contributed by atoms with E-state index >= 15 is 0 Å². The zero-order chi connectivity index (χ0) is 20.4. The highest BCUT2D eigenvalue weighted by molar-refractivity contribution is 9.10. The Kier molecular flexibility index (Phi) is 6.66. The third kappa shape index (κ3) is 5.08. The summed E-state index contributed by atoms with van der Waals surface area (Å²) in [5.74, 6) is -4.02. The van der Waals surface area contributed by atoms with Gasteiger partial charge in [-0.1, -0.05) is 6.92 Å². The van der Waals surface area contributed by atoms with E-state index in [-0.39, 0.29) is 15.4 Å². The van der Waals surface area contributed by atoms with Crippen molar-refractivity contribution in [2.45, 2.75) is 31.2 Å². The monoisotopic (exact) mass is 464 g/mol. The summed E-state index contributed by atoms with van der Waals surface area (Å²) in [6, 6.07) is 3.81. The number of anilines is 1. The maximum atomic E-state index is 14.1. The number of amides is 1. The molecule has 0 aliphatic rings. The molecule has 5 nitrogen and oxygen atoms in total. The highest BCUT2D eigenvalue weighted by atomic mass is 79.9. The van der Waals surface area contributed by atoms with Gasteiger partial charge in [0.1, 0.15) is 11.6 Å². The summed E-state index contributed by atoms with van der Waals surface area (Å²) >= 11 is 2.90. The lowest BCUT2D eigenvalue weighted by molar-refractivity contribution is 0.102. The van der Waals surface area contributed by atoms with Gasteiger partial charge >= 0.3 is 0 Å². The van der Waals surface area contributed by atoms with Gasteiger partial charge in [-0.3, -0.25) is 4.79 Å². The number of sulfonamides is 1. The third-order valence-electron chi connectivity index (χ3n) is 3.71. The quantitative estimate of drug-likeness (QED) is 0.672. The number of benzene rings is 2. The van der Waals surface area contributed by atoms with Crippen LogP contribution in [0.4, 0.5) is 18.9 Å². The van der Waals surface area contributed by atoms with Gasteiger partial charge in [-0.25, -0.2) is 26.3 Å². The Morgan fingerprint density at radius 2 is 1.81 bits per heavy atom. The van der Waals surface area contributed by atoms with Crippen LogP contribution in [0.2, 0.25) is 0 Å². The van der Waals surface area contributed by atoms with E-state index in [0.717, 1.165) is 24.3 Å². The molecule has 0 aliphatic carbocycles. The Morgan fingerprint density at radius 3 is 2.41 bits per heavy atom. The van der Waals surface area contributed by atoms with Crippen LogP contribution >= 0.6 is 15.9 Å². The van der Waals surface area contributed by atoms with Crippen LogP contribution in [0.25, 0.3) is 0 Å². The fourth-order valence-electron chi connectivity index (χ4n) is 2.10. The summed E-state index contributed by atoms with van der Waals surface area (Å²) in [7, 11) is -3.97. The molecule has 0 aromatic heterocycles. The molecule has 0 saturated carbocycles. The molecule has 146 valence electrons. The average Bonchev–Trinajstić information content (AvgIpc) is 2.57. The summed E-state index contributed by atoms with van der Waals surface area (Å²) in [6.45, 7) is 3.44.